The van der Waals surface area contributed by atoms with Gasteiger partial charge in [-0.1, -0.05) is 17.7 Å². The monoisotopic (exact) mass is 450 g/mol. The van der Waals surface area contributed by atoms with E-state index in [-0.39, 0.29) is 30.0 Å². The number of sulfonamides is 1. The van der Waals surface area contributed by atoms with Crippen LogP contribution >= 0.6 is 11.6 Å². The molecule has 0 aliphatic carbocycles. The molecule has 2 atom stereocenters. The van der Waals surface area contributed by atoms with Gasteiger partial charge in [0.1, 0.15) is 17.7 Å². The molecule has 1 aliphatic heterocycles. The predicted molar refractivity (Wildman–Crippen MR) is 112 cm³/mol. The lowest BCUT2D eigenvalue weighted by Crippen LogP contribution is -2.36. The number of anilines is 1. The second-order valence-corrected chi connectivity index (χ2v) is 9.39. The standard InChI is InChI=1S/C20H20ClFN4O3S/c1-25-12-20(23-13-25)30(27,28)26-10-18(24-16-4-2-3-14(21)9-16)19(11-26)29-17-7-5-15(22)6-8-17/h2-9,12-13,18-19,24H,10-11H2,1H3/t18-,19-/m0/s1. The molecule has 0 spiro atoms. The second kappa shape index (κ2) is 8.25. The number of hydrogen-bond acceptors (Lipinski definition) is 5. The predicted octanol–water partition coefficient (Wildman–Crippen LogP) is 3.15. The molecule has 7 nitrogen and oxygen atoms in total. The zero-order valence-corrected chi connectivity index (χ0v) is 17.6. The van der Waals surface area contributed by atoms with Crippen LogP contribution in [0.1, 0.15) is 0 Å². The summed E-state index contributed by atoms with van der Waals surface area (Å²) in [6, 6.07) is 12.4. The fourth-order valence-corrected chi connectivity index (χ4v) is 4.96. The van der Waals surface area contributed by atoms with Crippen molar-refractivity contribution in [1.29, 1.82) is 0 Å². The average Bonchev–Trinajstić information content (AvgIpc) is 3.31. The van der Waals surface area contributed by atoms with Gasteiger partial charge in [-0.15, -0.1) is 0 Å². The van der Waals surface area contributed by atoms with E-state index in [9.17, 15) is 12.8 Å². The van der Waals surface area contributed by atoms with Gasteiger partial charge in [0, 0.05) is 30.5 Å². The molecule has 1 aromatic heterocycles. The Balaban J connectivity index is 1.59. The summed E-state index contributed by atoms with van der Waals surface area (Å²) in [7, 11) is -2.08. The third-order valence-electron chi connectivity index (χ3n) is 4.80. The van der Waals surface area contributed by atoms with Crippen molar-refractivity contribution in [3.8, 4) is 5.75 Å². The topological polar surface area (TPSA) is 76.5 Å². The SMILES string of the molecule is Cn1cnc(S(=O)(=O)N2C[C@H](Nc3cccc(Cl)c3)[C@@H](Oc3ccc(F)cc3)C2)c1. The molecule has 0 amide bonds. The van der Waals surface area contributed by atoms with Crippen LogP contribution in [0.5, 0.6) is 5.75 Å². The maximum absolute atomic E-state index is 13.2. The first kappa shape index (κ1) is 20.6. The van der Waals surface area contributed by atoms with Crippen LogP contribution in [-0.2, 0) is 17.1 Å². The number of ether oxygens (including phenoxy) is 1. The summed E-state index contributed by atoms with van der Waals surface area (Å²) < 4.78 is 48.2. The number of benzene rings is 2. The Hall–Kier alpha value is -2.62. The van der Waals surface area contributed by atoms with Gasteiger partial charge < -0.3 is 14.6 Å². The molecule has 10 heteroatoms. The van der Waals surface area contributed by atoms with Gasteiger partial charge in [-0.3, -0.25) is 0 Å². The highest BCUT2D eigenvalue weighted by atomic mass is 35.5. The van der Waals surface area contributed by atoms with Crippen molar-refractivity contribution in [3.63, 3.8) is 0 Å². The third kappa shape index (κ3) is 4.43. The summed E-state index contributed by atoms with van der Waals surface area (Å²) in [5, 5.41) is 3.85. The second-order valence-electron chi connectivity index (χ2n) is 7.07. The van der Waals surface area contributed by atoms with Gasteiger partial charge in [0.05, 0.1) is 18.9 Å². The minimum Gasteiger partial charge on any atom is -0.487 e. The normalized spacial score (nSPS) is 19.7. The van der Waals surface area contributed by atoms with Gasteiger partial charge in [0.15, 0.2) is 5.03 Å². The van der Waals surface area contributed by atoms with Crippen molar-refractivity contribution in [1.82, 2.24) is 13.9 Å². The zero-order chi connectivity index (χ0) is 21.3. The molecule has 0 saturated carbocycles. The molecule has 3 aromatic rings. The van der Waals surface area contributed by atoms with E-state index in [4.69, 9.17) is 16.3 Å². The van der Waals surface area contributed by atoms with Gasteiger partial charge in [0.25, 0.3) is 10.0 Å². The Morgan fingerprint density at radius 1 is 1.20 bits per heavy atom. The fourth-order valence-electron chi connectivity index (χ4n) is 3.33. The first-order valence-corrected chi connectivity index (χ1v) is 11.1. The van der Waals surface area contributed by atoms with Crippen molar-refractivity contribution in [3.05, 3.63) is 71.9 Å². The van der Waals surface area contributed by atoms with Crippen LogP contribution in [-0.4, -0.2) is 47.5 Å². The van der Waals surface area contributed by atoms with Crippen LogP contribution in [0.2, 0.25) is 5.02 Å². The quantitative estimate of drug-likeness (QED) is 0.624. The van der Waals surface area contributed by atoms with Gasteiger partial charge in [-0.2, -0.15) is 4.31 Å². The Bertz CT molecular complexity index is 1140. The minimum atomic E-state index is -3.79. The summed E-state index contributed by atoms with van der Waals surface area (Å²) >= 11 is 6.07. The molecular formula is C20H20ClFN4O3S. The zero-order valence-electron chi connectivity index (χ0n) is 16.1. The van der Waals surface area contributed by atoms with Crippen LogP contribution < -0.4 is 10.1 Å². The van der Waals surface area contributed by atoms with Gasteiger partial charge >= 0.3 is 0 Å². The van der Waals surface area contributed by atoms with Gasteiger partial charge in [0.2, 0.25) is 0 Å². The van der Waals surface area contributed by atoms with E-state index in [1.54, 1.807) is 29.8 Å². The van der Waals surface area contributed by atoms with Crippen LogP contribution in [0.4, 0.5) is 10.1 Å². The van der Waals surface area contributed by atoms with E-state index in [1.165, 1.54) is 41.1 Å². The number of aryl methyl sites for hydroxylation is 1. The fraction of sp³-hybridized carbons (Fsp3) is 0.250. The number of rotatable bonds is 6. The number of nitrogens with one attached hydrogen (secondary N) is 1. The summed E-state index contributed by atoms with van der Waals surface area (Å²) in [5.74, 6) is 0.0816. The van der Waals surface area contributed by atoms with Crippen LogP contribution in [0.25, 0.3) is 0 Å². The molecule has 0 bridgehead atoms. The Morgan fingerprint density at radius 2 is 1.97 bits per heavy atom. The molecule has 1 fully saturated rings. The highest BCUT2D eigenvalue weighted by molar-refractivity contribution is 7.89. The van der Waals surface area contributed by atoms with Crippen LogP contribution in [0, 0.1) is 5.82 Å². The Morgan fingerprint density at radius 3 is 2.63 bits per heavy atom. The van der Waals surface area contributed by atoms with Crippen LogP contribution in [0.15, 0.2) is 66.1 Å². The lowest BCUT2D eigenvalue weighted by Gasteiger charge is -2.22. The summed E-state index contributed by atoms with van der Waals surface area (Å²) in [6.45, 7) is 0.297. The third-order valence-corrected chi connectivity index (χ3v) is 6.75. The Labute approximate surface area is 179 Å². The van der Waals surface area contributed by atoms with Crippen molar-refractivity contribution >= 4 is 27.3 Å². The summed E-state index contributed by atoms with van der Waals surface area (Å²) in [5.41, 5.74) is 0.747. The van der Waals surface area contributed by atoms with Crippen LogP contribution in [0.3, 0.4) is 0 Å². The molecular weight excluding hydrogens is 431 g/mol. The number of nitrogens with zero attached hydrogens (tertiary/aromatic N) is 3. The average molecular weight is 451 g/mol. The molecule has 158 valence electrons. The molecule has 1 aliphatic rings. The summed E-state index contributed by atoms with van der Waals surface area (Å²) in [4.78, 5) is 3.98. The largest absolute Gasteiger partial charge is 0.487 e. The van der Waals surface area contributed by atoms with E-state index in [0.717, 1.165) is 5.69 Å². The molecule has 1 N–H and O–H groups in total. The smallest absolute Gasteiger partial charge is 0.262 e. The van der Waals surface area contributed by atoms with Crippen molar-refractivity contribution in [2.75, 3.05) is 18.4 Å². The minimum absolute atomic E-state index is 0.0195. The van der Waals surface area contributed by atoms with E-state index < -0.39 is 16.1 Å². The molecule has 2 heterocycles. The molecule has 0 radical (unpaired) electrons. The lowest BCUT2D eigenvalue weighted by molar-refractivity contribution is 0.206. The molecule has 0 unspecified atom stereocenters. The highest BCUT2D eigenvalue weighted by Gasteiger charge is 2.41. The van der Waals surface area contributed by atoms with E-state index in [1.807, 2.05) is 6.07 Å². The Kier molecular flexibility index (Phi) is 5.68. The van der Waals surface area contributed by atoms with E-state index in [0.29, 0.717) is 10.8 Å². The molecule has 1 saturated heterocycles. The van der Waals surface area contributed by atoms with Crippen molar-refractivity contribution in [2.24, 2.45) is 7.05 Å². The highest BCUT2D eigenvalue weighted by Crippen LogP contribution is 2.27. The number of hydrogen-bond donors (Lipinski definition) is 1. The lowest BCUT2D eigenvalue weighted by atomic mass is 10.2. The first-order chi connectivity index (χ1) is 14.3. The first-order valence-electron chi connectivity index (χ1n) is 9.24. The van der Waals surface area contributed by atoms with E-state index in [2.05, 4.69) is 10.3 Å². The van der Waals surface area contributed by atoms with Gasteiger partial charge in [-0.25, -0.2) is 17.8 Å². The summed E-state index contributed by atoms with van der Waals surface area (Å²) in [6.07, 6.45) is 2.40. The molecule has 4 rings (SSSR count). The molecule has 2 aromatic carbocycles. The maximum Gasteiger partial charge on any atom is 0.262 e. The van der Waals surface area contributed by atoms with Gasteiger partial charge in [-0.05, 0) is 42.5 Å². The number of imidazole rings is 1. The van der Waals surface area contributed by atoms with Crippen molar-refractivity contribution < 1.29 is 17.5 Å². The maximum atomic E-state index is 13.2. The number of aromatic nitrogens is 2. The van der Waals surface area contributed by atoms with Crippen molar-refractivity contribution in [2.45, 2.75) is 17.2 Å². The number of halogens is 2. The molecule has 30 heavy (non-hydrogen) atoms. The van der Waals surface area contributed by atoms with E-state index >= 15 is 0 Å².